The Morgan fingerprint density at radius 1 is 1.48 bits per heavy atom. The van der Waals surface area contributed by atoms with Crippen LogP contribution in [0.4, 0.5) is 22.1 Å². The van der Waals surface area contributed by atoms with Gasteiger partial charge in [0.05, 0.1) is 12.2 Å². The number of amides is 1. The van der Waals surface area contributed by atoms with Crippen LogP contribution in [-0.2, 0) is 4.74 Å². The zero-order valence-electron chi connectivity index (χ0n) is 14.4. The van der Waals surface area contributed by atoms with Crippen molar-refractivity contribution in [3.8, 4) is 0 Å². The first-order chi connectivity index (χ1) is 11.8. The van der Waals surface area contributed by atoms with Gasteiger partial charge in [0.2, 0.25) is 0 Å². The number of nitroso groups, excluding NO2 is 1. The molecule has 3 rings (SSSR count). The molecule has 0 aliphatic carbocycles. The van der Waals surface area contributed by atoms with Crippen LogP contribution >= 0.6 is 0 Å². The molecule has 25 heavy (non-hydrogen) atoms. The van der Waals surface area contributed by atoms with Crippen LogP contribution in [0.2, 0.25) is 0 Å². The van der Waals surface area contributed by atoms with E-state index in [4.69, 9.17) is 10.5 Å². The fourth-order valence-corrected chi connectivity index (χ4v) is 2.75. The van der Waals surface area contributed by atoms with E-state index in [0.29, 0.717) is 30.4 Å². The number of anilines is 2. The second-order valence-electron chi connectivity index (χ2n) is 6.97. The summed E-state index contributed by atoms with van der Waals surface area (Å²) in [5, 5.41) is 9.76. The van der Waals surface area contributed by atoms with Gasteiger partial charge >= 0.3 is 6.09 Å². The molecule has 10 heteroatoms. The summed E-state index contributed by atoms with van der Waals surface area (Å²) in [4.78, 5) is 29.2. The van der Waals surface area contributed by atoms with E-state index in [9.17, 15) is 9.70 Å². The number of fused-ring (bicyclic) bond motifs is 1. The highest BCUT2D eigenvalue weighted by molar-refractivity contribution is 5.70. The number of nitrogens with two attached hydrogens (primary N) is 1. The van der Waals surface area contributed by atoms with Gasteiger partial charge in [-0.05, 0) is 32.4 Å². The third-order valence-corrected chi connectivity index (χ3v) is 3.80. The summed E-state index contributed by atoms with van der Waals surface area (Å²) in [5.74, 6) is 0.974. The highest BCUT2D eigenvalue weighted by atomic mass is 16.6. The van der Waals surface area contributed by atoms with E-state index in [1.807, 2.05) is 25.7 Å². The standard InChI is InChI=1S/C15H21N7O3/c1-15(2,3)25-14(23)18-9-4-5-21(8-9)12-6-11(16)22-13(19-12)10(20-24)7-17-22/h6-7,9H,4-5,8,16H2,1-3H3,(H,18,23)/t9-/m0/s1. The van der Waals surface area contributed by atoms with Crippen LogP contribution in [-0.4, -0.2) is 45.4 Å². The Balaban J connectivity index is 1.73. The number of hydrogen-bond acceptors (Lipinski definition) is 8. The lowest BCUT2D eigenvalue weighted by Gasteiger charge is -2.22. The number of carbonyl (C=O) groups excluding carboxylic acids is 1. The topological polar surface area (TPSA) is 127 Å². The smallest absolute Gasteiger partial charge is 0.407 e. The van der Waals surface area contributed by atoms with E-state index in [-0.39, 0.29) is 11.7 Å². The third kappa shape index (κ3) is 3.62. The van der Waals surface area contributed by atoms with E-state index in [2.05, 4.69) is 20.6 Å². The lowest BCUT2D eigenvalue weighted by molar-refractivity contribution is 0.0509. The molecule has 0 radical (unpaired) electrons. The molecule has 134 valence electrons. The second-order valence-corrected chi connectivity index (χ2v) is 6.97. The first-order valence-corrected chi connectivity index (χ1v) is 7.99. The molecule has 3 N–H and O–H groups in total. The van der Waals surface area contributed by atoms with Crippen molar-refractivity contribution in [2.45, 2.75) is 38.8 Å². The molecule has 3 heterocycles. The van der Waals surface area contributed by atoms with Crippen LogP contribution in [0.5, 0.6) is 0 Å². The minimum atomic E-state index is -0.538. The molecule has 1 atom stereocenters. The molecular weight excluding hydrogens is 326 g/mol. The largest absolute Gasteiger partial charge is 0.444 e. The molecule has 2 aromatic rings. The van der Waals surface area contributed by atoms with Crippen molar-refractivity contribution in [3.63, 3.8) is 0 Å². The van der Waals surface area contributed by atoms with Crippen LogP contribution < -0.4 is 16.0 Å². The molecule has 10 nitrogen and oxygen atoms in total. The van der Waals surface area contributed by atoms with Gasteiger partial charge in [0.1, 0.15) is 17.2 Å². The Kier molecular flexibility index (Phi) is 4.19. The predicted molar refractivity (Wildman–Crippen MR) is 92.8 cm³/mol. The van der Waals surface area contributed by atoms with Gasteiger partial charge < -0.3 is 20.7 Å². The van der Waals surface area contributed by atoms with Gasteiger partial charge in [-0.3, -0.25) is 0 Å². The van der Waals surface area contributed by atoms with E-state index >= 15 is 0 Å². The maximum Gasteiger partial charge on any atom is 0.407 e. The van der Waals surface area contributed by atoms with Gasteiger partial charge in [0, 0.05) is 19.2 Å². The summed E-state index contributed by atoms with van der Waals surface area (Å²) < 4.78 is 6.64. The lowest BCUT2D eigenvalue weighted by atomic mass is 10.2. The zero-order valence-corrected chi connectivity index (χ0v) is 14.4. The fourth-order valence-electron chi connectivity index (χ4n) is 2.75. The molecule has 2 aromatic heterocycles. The summed E-state index contributed by atoms with van der Waals surface area (Å²) in [6.07, 6.45) is 1.64. The molecular formula is C15H21N7O3. The van der Waals surface area contributed by atoms with Crippen LogP contribution in [0, 0.1) is 4.91 Å². The zero-order chi connectivity index (χ0) is 18.2. The Morgan fingerprint density at radius 3 is 2.92 bits per heavy atom. The van der Waals surface area contributed by atoms with E-state index < -0.39 is 11.7 Å². The van der Waals surface area contributed by atoms with Crippen molar-refractivity contribution in [1.29, 1.82) is 0 Å². The summed E-state index contributed by atoms with van der Waals surface area (Å²) >= 11 is 0. The molecule has 0 spiro atoms. The maximum absolute atomic E-state index is 11.9. The lowest BCUT2D eigenvalue weighted by Crippen LogP contribution is -2.40. The van der Waals surface area contributed by atoms with Gasteiger partial charge in [-0.15, -0.1) is 4.91 Å². The van der Waals surface area contributed by atoms with E-state index in [0.717, 1.165) is 6.42 Å². The summed E-state index contributed by atoms with van der Waals surface area (Å²) in [5.41, 5.74) is 5.89. The first kappa shape index (κ1) is 16.9. The first-order valence-electron chi connectivity index (χ1n) is 7.99. The van der Waals surface area contributed by atoms with Gasteiger partial charge in [0.25, 0.3) is 0 Å². The molecule has 0 saturated carbocycles. The molecule has 1 aliphatic rings. The number of aromatic nitrogens is 3. The number of rotatable bonds is 3. The van der Waals surface area contributed by atoms with Crippen molar-refractivity contribution in [3.05, 3.63) is 17.2 Å². The SMILES string of the molecule is CC(C)(C)OC(=O)N[C@H]1CCN(c2cc(N)n3ncc(N=O)c3n2)C1. The quantitative estimate of drug-likeness (QED) is 0.810. The van der Waals surface area contributed by atoms with Crippen molar-refractivity contribution in [1.82, 2.24) is 19.9 Å². The molecule has 0 bridgehead atoms. The molecule has 1 saturated heterocycles. The Bertz CT molecular complexity index is 811. The average Bonchev–Trinajstić information content (AvgIpc) is 3.11. The average molecular weight is 347 g/mol. The monoisotopic (exact) mass is 347 g/mol. The number of carbonyl (C=O) groups is 1. The minimum absolute atomic E-state index is 0.0531. The number of alkyl carbamates (subject to hydrolysis) is 1. The number of ether oxygens (including phenoxy) is 1. The van der Waals surface area contributed by atoms with Crippen molar-refractivity contribution >= 4 is 29.1 Å². The Morgan fingerprint density at radius 2 is 2.24 bits per heavy atom. The number of hydrogen-bond donors (Lipinski definition) is 2. The second kappa shape index (κ2) is 6.19. The highest BCUT2D eigenvalue weighted by Crippen LogP contribution is 2.26. The number of nitrogen functional groups attached to an aromatic ring is 1. The molecule has 0 aromatic carbocycles. The summed E-state index contributed by atoms with van der Waals surface area (Å²) in [6, 6.07) is 1.63. The van der Waals surface area contributed by atoms with Crippen molar-refractivity contribution in [2.75, 3.05) is 23.7 Å². The van der Waals surface area contributed by atoms with Crippen molar-refractivity contribution in [2.24, 2.45) is 5.18 Å². The van der Waals surface area contributed by atoms with Gasteiger partial charge in [-0.25, -0.2) is 9.78 Å². The molecule has 0 unspecified atom stereocenters. The van der Waals surface area contributed by atoms with Crippen LogP contribution in [0.15, 0.2) is 17.4 Å². The normalized spacial score (nSPS) is 17.7. The summed E-state index contributed by atoms with van der Waals surface area (Å²) in [6.45, 7) is 6.72. The predicted octanol–water partition coefficient (Wildman–Crippen LogP) is 1.81. The molecule has 1 aliphatic heterocycles. The minimum Gasteiger partial charge on any atom is -0.444 e. The van der Waals surface area contributed by atoms with Crippen LogP contribution in [0.3, 0.4) is 0 Å². The molecule has 1 amide bonds. The van der Waals surface area contributed by atoms with E-state index in [1.165, 1.54) is 10.7 Å². The fraction of sp³-hybridized carbons (Fsp3) is 0.533. The van der Waals surface area contributed by atoms with Crippen LogP contribution in [0.1, 0.15) is 27.2 Å². The maximum atomic E-state index is 11.9. The van der Waals surface area contributed by atoms with Gasteiger partial charge in [-0.1, -0.05) is 0 Å². The third-order valence-electron chi connectivity index (χ3n) is 3.80. The van der Waals surface area contributed by atoms with Crippen molar-refractivity contribution < 1.29 is 9.53 Å². The van der Waals surface area contributed by atoms with E-state index in [1.54, 1.807) is 6.07 Å². The van der Waals surface area contributed by atoms with Crippen LogP contribution in [0.25, 0.3) is 5.65 Å². The highest BCUT2D eigenvalue weighted by Gasteiger charge is 2.27. The summed E-state index contributed by atoms with van der Waals surface area (Å²) in [7, 11) is 0. The molecule has 1 fully saturated rings. The number of nitrogens with one attached hydrogen (secondary N) is 1. The van der Waals surface area contributed by atoms with Gasteiger partial charge in [-0.2, -0.15) is 9.61 Å². The Labute approximate surface area is 144 Å². The Hall–Kier alpha value is -2.91. The van der Waals surface area contributed by atoms with Gasteiger partial charge in [0.15, 0.2) is 11.3 Å². The number of nitrogens with zero attached hydrogens (tertiary/aromatic N) is 5.